The first-order valence-corrected chi connectivity index (χ1v) is 8.41. The van der Waals surface area contributed by atoms with Gasteiger partial charge >= 0.3 is 0 Å². The van der Waals surface area contributed by atoms with Crippen LogP contribution in [0.25, 0.3) is 0 Å². The molecule has 0 bridgehead atoms. The highest BCUT2D eigenvalue weighted by molar-refractivity contribution is 5.36. The molecule has 0 aliphatic carbocycles. The fourth-order valence-electron chi connectivity index (χ4n) is 2.73. The maximum absolute atomic E-state index is 5.43. The van der Waals surface area contributed by atoms with E-state index >= 15 is 0 Å². The molecule has 0 spiro atoms. The van der Waals surface area contributed by atoms with Crippen molar-refractivity contribution in [3.63, 3.8) is 0 Å². The highest BCUT2D eigenvalue weighted by Crippen LogP contribution is 2.22. The molecular formula is C19H32O. The van der Waals surface area contributed by atoms with Gasteiger partial charge in [0.25, 0.3) is 0 Å². The molecule has 0 unspecified atom stereocenters. The Hall–Kier alpha value is -0.980. The third kappa shape index (κ3) is 6.98. The molecule has 1 heteroatoms. The van der Waals surface area contributed by atoms with Gasteiger partial charge in [0.1, 0.15) is 5.75 Å². The number of benzene rings is 1. The van der Waals surface area contributed by atoms with Crippen LogP contribution in [0.15, 0.2) is 18.2 Å². The maximum atomic E-state index is 5.43. The fourth-order valence-corrected chi connectivity index (χ4v) is 2.73. The molecule has 0 heterocycles. The SMILES string of the molecule is CCCCCCCCCCCc1cc(C)ccc1OC. The van der Waals surface area contributed by atoms with Crippen molar-refractivity contribution in [3.05, 3.63) is 29.3 Å². The van der Waals surface area contributed by atoms with Gasteiger partial charge in [-0.2, -0.15) is 0 Å². The van der Waals surface area contributed by atoms with Crippen LogP contribution in [0.1, 0.15) is 75.8 Å². The minimum Gasteiger partial charge on any atom is -0.496 e. The van der Waals surface area contributed by atoms with E-state index < -0.39 is 0 Å². The van der Waals surface area contributed by atoms with Crippen molar-refractivity contribution >= 4 is 0 Å². The van der Waals surface area contributed by atoms with Crippen LogP contribution in [-0.4, -0.2) is 7.11 Å². The highest BCUT2D eigenvalue weighted by Gasteiger charge is 2.02. The molecule has 1 aromatic rings. The smallest absolute Gasteiger partial charge is 0.122 e. The fraction of sp³-hybridized carbons (Fsp3) is 0.684. The van der Waals surface area contributed by atoms with Crippen LogP contribution in [0, 0.1) is 6.92 Å². The van der Waals surface area contributed by atoms with E-state index in [1.807, 2.05) is 0 Å². The van der Waals surface area contributed by atoms with Crippen molar-refractivity contribution in [2.45, 2.75) is 78.1 Å². The van der Waals surface area contributed by atoms with Crippen LogP contribution in [-0.2, 0) is 6.42 Å². The summed E-state index contributed by atoms with van der Waals surface area (Å²) in [5, 5.41) is 0. The van der Waals surface area contributed by atoms with Gasteiger partial charge in [0.15, 0.2) is 0 Å². The van der Waals surface area contributed by atoms with Crippen molar-refractivity contribution in [2.24, 2.45) is 0 Å². The monoisotopic (exact) mass is 276 g/mol. The van der Waals surface area contributed by atoms with Crippen molar-refractivity contribution in [1.82, 2.24) is 0 Å². The molecule has 0 fully saturated rings. The molecule has 0 atom stereocenters. The van der Waals surface area contributed by atoms with Gasteiger partial charge in [0.2, 0.25) is 0 Å². The normalized spacial score (nSPS) is 10.8. The molecule has 0 N–H and O–H groups in total. The summed E-state index contributed by atoms with van der Waals surface area (Å²) < 4.78 is 5.43. The molecule has 1 rings (SSSR count). The quantitative estimate of drug-likeness (QED) is 0.445. The zero-order valence-electron chi connectivity index (χ0n) is 13.7. The average Bonchev–Trinajstić information content (AvgIpc) is 2.46. The molecule has 0 saturated heterocycles. The van der Waals surface area contributed by atoms with E-state index in [0.717, 1.165) is 12.2 Å². The van der Waals surface area contributed by atoms with Gasteiger partial charge in [-0.15, -0.1) is 0 Å². The van der Waals surface area contributed by atoms with E-state index in [1.54, 1.807) is 7.11 Å². The van der Waals surface area contributed by atoms with Crippen molar-refractivity contribution in [2.75, 3.05) is 7.11 Å². The number of hydrogen-bond donors (Lipinski definition) is 0. The second-order valence-corrected chi connectivity index (χ2v) is 5.89. The topological polar surface area (TPSA) is 9.23 Å². The number of aryl methyl sites for hydroxylation is 2. The summed E-state index contributed by atoms with van der Waals surface area (Å²) >= 11 is 0. The number of hydrogen-bond acceptors (Lipinski definition) is 1. The van der Waals surface area contributed by atoms with Gasteiger partial charge in [0.05, 0.1) is 7.11 Å². The average molecular weight is 276 g/mol. The van der Waals surface area contributed by atoms with E-state index in [9.17, 15) is 0 Å². The number of methoxy groups -OCH3 is 1. The highest BCUT2D eigenvalue weighted by atomic mass is 16.5. The lowest BCUT2D eigenvalue weighted by molar-refractivity contribution is 0.408. The summed E-state index contributed by atoms with van der Waals surface area (Å²) in [6.07, 6.45) is 13.6. The van der Waals surface area contributed by atoms with E-state index in [1.165, 1.54) is 68.9 Å². The van der Waals surface area contributed by atoms with E-state index in [-0.39, 0.29) is 0 Å². The predicted octanol–water partition coefficient (Wildman–Crippen LogP) is 6.08. The maximum Gasteiger partial charge on any atom is 0.122 e. The molecule has 20 heavy (non-hydrogen) atoms. The Labute approximate surface area is 125 Å². The first-order valence-electron chi connectivity index (χ1n) is 8.41. The molecule has 0 radical (unpaired) electrons. The standard InChI is InChI=1S/C19H32O/c1-4-5-6-7-8-9-10-11-12-13-18-16-17(2)14-15-19(18)20-3/h14-16H,4-13H2,1-3H3. The number of unbranched alkanes of at least 4 members (excludes halogenated alkanes) is 8. The lowest BCUT2D eigenvalue weighted by Gasteiger charge is -2.09. The summed E-state index contributed by atoms with van der Waals surface area (Å²) in [6, 6.07) is 6.49. The van der Waals surface area contributed by atoms with Crippen LogP contribution in [0.2, 0.25) is 0 Å². The van der Waals surface area contributed by atoms with E-state index in [0.29, 0.717) is 0 Å². The Kier molecular flexibility index (Phi) is 9.19. The summed E-state index contributed by atoms with van der Waals surface area (Å²) in [6.45, 7) is 4.43. The Balaban J connectivity index is 2.10. The van der Waals surface area contributed by atoms with Gasteiger partial charge < -0.3 is 4.74 Å². The Bertz CT molecular complexity index is 357. The Morgan fingerprint density at radius 3 is 2.05 bits per heavy atom. The summed E-state index contributed by atoms with van der Waals surface area (Å²) in [7, 11) is 1.77. The lowest BCUT2D eigenvalue weighted by Crippen LogP contribution is -1.93. The molecule has 0 aliphatic rings. The molecule has 114 valence electrons. The van der Waals surface area contributed by atoms with Gasteiger partial charge in [-0.1, -0.05) is 76.0 Å². The first kappa shape index (κ1) is 17.1. The van der Waals surface area contributed by atoms with Crippen LogP contribution < -0.4 is 4.74 Å². The molecule has 0 amide bonds. The van der Waals surface area contributed by atoms with Crippen LogP contribution in [0.4, 0.5) is 0 Å². The van der Waals surface area contributed by atoms with Crippen molar-refractivity contribution in [3.8, 4) is 5.75 Å². The summed E-state index contributed by atoms with van der Waals surface area (Å²) in [4.78, 5) is 0. The lowest BCUT2D eigenvalue weighted by atomic mass is 10.0. The third-order valence-electron chi connectivity index (χ3n) is 3.99. The van der Waals surface area contributed by atoms with Crippen LogP contribution >= 0.6 is 0 Å². The van der Waals surface area contributed by atoms with Gasteiger partial charge in [-0.05, 0) is 31.4 Å². The largest absolute Gasteiger partial charge is 0.496 e. The van der Waals surface area contributed by atoms with E-state index in [2.05, 4.69) is 32.0 Å². The van der Waals surface area contributed by atoms with Crippen molar-refractivity contribution < 1.29 is 4.74 Å². The summed E-state index contributed by atoms with van der Waals surface area (Å²) in [5.74, 6) is 1.05. The zero-order chi connectivity index (χ0) is 14.6. The second kappa shape index (κ2) is 10.8. The minimum absolute atomic E-state index is 1.05. The Morgan fingerprint density at radius 1 is 0.850 bits per heavy atom. The van der Waals surface area contributed by atoms with Gasteiger partial charge in [0, 0.05) is 0 Å². The third-order valence-corrected chi connectivity index (χ3v) is 3.99. The molecule has 1 aromatic carbocycles. The Morgan fingerprint density at radius 2 is 1.45 bits per heavy atom. The molecule has 0 saturated carbocycles. The van der Waals surface area contributed by atoms with Crippen molar-refractivity contribution in [1.29, 1.82) is 0 Å². The van der Waals surface area contributed by atoms with Gasteiger partial charge in [-0.25, -0.2) is 0 Å². The predicted molar refractivity (Wildman–Crippen MR) is 88.7 cm³/mol. The zero-order valence-corrected chi connectivity index (χ0v) is 13.7. The molecular weight excluding hydrogens is 244 g/mol. The summed E-state index contributed by atoms with van der Waals surface area (Å²) in [5.41, 5.74) is 2.70. The van der Waals surface area contributed by atoms with Crippen LogP contribution in [0.5, 0.6) is 5.75 Å². The minimum atomic E-state index is 1.05. The number of rotatable bonds is 11. The van der Waals surface area contributed by atoms with Gasteiger partial charge in [-0.3, -0.25) is 0 Å². The van der Waals surface area contributed by atoms with Crippen LogP contribution in [0.3, 0.4) is 0 Å². The van der Waals surface area contributed by atoms with E-state index in [4.69, 9.17) is 4.74 Å². The first-order chi connectivity index (χ1) is 9.77. The molecule has 1 nitrogen and oxygen atoms in total. The second-order valence-electron chi connectivity index (χ2n) is 5.89. The number of ether oxygens (including phenoxy) is 1. The molecule has 0 aliphatic heterocycles. The molecule has 0 aromatic heterocycles.